The summed E-state index contributed by atoms with van der Waals surface area (Å²) in [5.41, 5.74) is 1.80. The van der Waals surface area contributed by atoms with Gasteiger partial charge < -0.3 is 14.0 Å². The van der Waals surface area contributed by atoms with Gasteiger partial charge in [-0.2, -0.15) is 5.26 Å². The molecular formula is C15H17N3O2. The van der Waals surface area contributed by atoms with E-state index in [1.54, 1.807) is 0 Å². The Balaban J connectivity index is 2.15. The van der Waals surface area contributed by atoms with Crippen LogP contribution < -0.4 is 9.47 Å². The first-order valence-corrected chi connectivity index (χ1v) is 6.84. The molecule has 0 amide bonds. The van der Waals surface area contributed by atoms with Crippen molar-refractivity contribution in [2.75, 3.05) is 13.2 Å². The van der Waals surface area contributed by atoms with E-state index in [4.69, 9.17) is 14.7 Å². The predicted molar refractivity (Wildman–Crippen MR) is 74.9 cm³/mol. The maximum atomic E-state index is 9.04. The minimum Gasteiger partial charge on any atom is -0.486 e. The van der Waals surface area contributed by atoms with Crippen molar-refractivity contribution in [2.24, 2.45) is 5.92 Å². The number of rotatable bonds is 3. The Morgan fingerprint density at radius 3 is 2.65 bits per heavy atom. The lowest BCUT2D eigenvalue weighted by atomic mass is 10.1. The van der Waals surface area contributed by atoms with Crippen LogP contribution >= 0.6 is 0 Å². The van der Waals surface area contributed by atoms with Crippen LogP contribution in [0.1, 0.15) is 19.7 Å². The third-order valence-electron chi connectivity index (χ3n) is 3.31. The summed E-state index contributed by atoms with van der Waals surface area (Å²) in [7, 11) is 0. The SMILES string of the molecule is CC(C)Cc1nc2cc3c(cc2n1CC#N)OCCO3. The second kappa shape index (κ2) is 5.04. The topological polar surface area (TPSA) is 60.1 Å². The molecule has 5 heteroatoms. The van der Waals surface area contributed by atoms with E-state index in [0.717, 1.165) is 34.8 Å². The summed E-state index contributed by atoms with van der Waals surface area (Å²) in [4.78, 5) is 4.66. The number of aromatic nitrogens is 2. The van der Waals surface area contributed by atoms with Gasteiger partial charge >= 0.3 is 0 Å². The fourth-order valence-corrected chi connectivity index (χ4v) is 2.48. The largest absolute Gasteiger partial charge is 0.486 e. The molecule has 1 aromatic carbocycles. The molecule has 0 spiro atoms. The van der Waals surface area contributed by atoms with Crippen molar-refractivity contribution in [1.29, 1.82) is 5.26 Å². The standard InChI is InChI=1S/C15H17N3O2/c1-10(2)7-15-17-11-8-13-14(20-6-5-19-13)9-12(11)18(15)4-3-16/h8-10H,4-7H2,1-2H3. The number of fused-ring (bicyclic) bond motifs is 2. The average molecular weight is 271 g/mol. The third-order valence-corrected chi connectivity index (χ3v) is 3.31. The number of nitrogens with zero attached hydrogens (tertiary/aromatic N) is 3. The summed E-state index contributed by atoms with van der Waals surface area (Å²) < 4.78 is 13.2. The van der Waals surface area contributed by atoms with Crippen molar-refractivity contribution in [2.45, 2.75) is 26.8 Å². The normalized spacial score (nSPS) is 13.7. The van der Waals surface area contributed by atoms with Gasteiger partial charge in [0.15, 0.2) is 11.5 Å². The van der Waals surface area contributed by atoms with Crippen LogP contribution in [-0.2, 0) is 13.0 Å². The molecule has 0 atom stereocenters. The zero-order chi connectivity index (χ0) is 14.1. The van der Waals surface area contributed by atoms with Crippen molar-refractivity contribution in [3.63, 3.8) is 0 Å². The quantitative estimate of drug-likeness (QED) is 0.860. The molecule has 0 N–H and O–H groups in total. The number of ether oxygens (including phenoxy) is 2. The zero-order valence-corrected chi connectivity index (χ0v) is 11.7. The molecule has 0 aliphatic carbocycles. The Kier molecular flexibility index (Phi) is 3.23. The Morgan fingerprint density at radius 1 is 1.30 bits per heavy atom. The molecule has 1 aromatic heterocycles. The lowest BCUT2D eigenvalue weighted by Crippen LogP contribution is -2.15. The molecule has 0 bridgehead atoms. The lowest BCUT2D eigenvalue weighted by molar-refractivity contribution is 0.172. The van der Waals surface area contributed by atoms with Gasteiger partial charge in [0.1, 0.15) is 25.6 Å². The summed E-state index contributed by atoms with van der Waals surface area (Å²) in [5.74, 6) is 2.91. The van der Waals surface area contributed by atoms with Crippen LogP contribution in [0.2, 0.25) is 0 Å². The van der Waals surface area contributed by atoms with Crippen molar-refractivity contribution >= 4 is 11.0 Å². The molecule has 0 fully saturated rings. The zero-order valence-electron chi connectivity index (χ0n) is 11.7. The second-order valence-corrected chi connectivity index (χ2v) is 5.35. The van der Waals surface area contributed by atoms with Crippen molar-refractivity contribution < 1.29 is 9.47 Å². The maximum absolute atomic E-state index is 9.04. The van der Waals surface area contributed by atoms with Crippen LogP contribution in [0.25, 0.3) is 11.0 Å². The molecule has 0 radical (unpaired) electrons. The van der Waals surface area contributed by atoms with Crippen molar-refractivity contribution in [3.8, 4) is 17.6 Å². The Morgan fingerprint density at radius 2 is 2.00 bits per heavy atom. The molecule has 0 saturated heterocycles. The van der Waals surface area contributed by atoms with Gasteiger partial charge in [-0.1, -0.05) is 13.8 Å². The van der Waals surface area contributed by atoms with Gasteiger partial charge in [-0.3, -0.25) is 0 Å². The molecule has 0 saturated carbocycles. The van der Waals surface area contributed by atoms with E-state index >= 15 is 0 Å². The Labute approximate surface area is 117 Å². The van der Waals surface area contributed by atoms with E-state index in [2.05, 4.69) is 24.9 Å². The highest BCUT2D eigenvalue weighted by Gasteiger charge is 2.18. The van der Waals surface area contributed by atoms with Crippen molar-refractivity contribution in [1.82, 2.24) is 9.55 Å². The minimum absolute atomic E-state index is 0.304. The number of hydrogen-bond acceptors (Lipinski definition) is 4. The van der Waals surface area contributed by atoms with E-state index in [1.165, 1.54) is 0 Å². The van der Waals surface area contributed by atoms with Gasteiger partial charge in [-0.15, -0.1) is 0 Å². The highest BCUT2D eigenvalue weighted by molar-refractivity contribution is 5.81. The molecule has 5 nitrogen and oxygen atoms in total. The fourth-order valence-electron chi connectivity index (χ4n) is 2.48. The van der Waals surface area contributed by atoms with Gasteiger partial charge in [-0.25, -0.2) is 4.98 Å². The molecule has 1 aliphatic heterocycles. The second-order valence-electron chi connectivity index (χ2n) is 5.35. The average Bonchev–Trinajstić information content (AvgIpc) is 2.73. The molecule has 3 rings (SSSR count). The number of imidazole rings is 1. The number of nitriles is 1. The summed E-state index contributed by atoms with van der Waals surface area (Å²) in [6.45, 7) is 5.72. The fraction of sp³-hybridized carbons (Fsp3) is 0.467. The smallest absolute Gasteiger partial charge is 0.163 e. The first kappa shape index (κ1) is 12.8. The summed E-state index contributed by atoms with van der Waals surface area (Å²) in [6, 6.07) is 6.04. The monoisotopic (exact) mass is 271 g/mol. The molecule has 2 heterocycles. The van der Waals surface area contributed by atoms with Crippen LogP contribution in [0.5, 0.6) is 11.5 Å². The van der Waals surface area contributed by atoms with Gasteiger partial charge in [-0.05, 0) is 5.92 Å². The highest BCUT2D eigenvalue weighted by Crippen LogP contribution is 2.35. The highest BCUT2D eigenvalue weighted by atomic mass is 16.6. The Bertz CT molecular complexity index is 682. The maximum Gasteiger partial charge on any atom is 0.163 e. The number of hydrogen-bond donors (Lipinski definition) is 0. The third kappa shape index (κ3) is 2.18. The van der Waals surface area contributed by atoms with Crippen molar-refractivity contribution in [3.05, 3.63) is 18.0 Å². The predicted octanol–water partition coefficient (Wildman–Crippen LogP) is 2.53. The molecule has 104 valence electrons. The minimum atomic E-state index is 0.304. The lowest BCUT2D eigenvalue weighted by Gasteiger charge is -2.18. The summed E-state index contributed by atoms with van der Waals surface area (Å²) in [6.07, 6.45) is 0.850. The van der Waals surface area contributed by atoms with Gasteiger partial charge in [0.25, 0.3) is 0 Å². The van der Waals surface area contributed by atoms with E-state index in [0.29, 0.717) is 25.7 Å². The Hall–Kier alpha value is -2.22. The number of benzene rings is 1. The van der Waals surface area contributed by atoms with Crippen LogP contribution in [0.15, 0.2) is 12.1 Å². The molecule has 20 heavy (non-hydrogen) atoms. The van der Waals surface area contributed by atoms with Gasteiger partial charge in [0.2, 0.25) is 0 Å². The first-order chi connectivity index (χ1) is 9.69. The molecular weight excluding hydrogens is 254 g/mol. The summed E-state index contributed by atoms with van der Waals surface area (Å²) in [5, 5.41) is 9.04. The van der Waals surface area contributed by atoms with Gasteiger partial charge in [0, 0.05) is 18.6 Å². The van der Waals surface area contributed by atoms with E-state index in [9.17, 15) is 0 Å². The van der Waals surface area contributed by atoms with E-state index in [-0.39, 0.29) is 0 Å². The van der Waals surface area contributed by atoms with E-state index in [1.807, 2.05) is 16.7 Å². The van der Waals surface area contributed by atoms with Gasteiger partial charge in [0.05, 0.1) is 17.1 Å². The summed E-state index contributed by atoms with van der Waals surface area (Å²) >= 11 is 0. The molecule has 1 aliphatic rings. The van der Waals surface area contributed by atoms with E-state index < -0.39 is 0 Å². The molecule has 2 aromatic rings. The van der Waals surface area contributed by atoms with Crippen LogP contribution in [0, 0.1) is 17.2 Å². The van der Waals surface area contributed by atoms with Crippen LogP contribution in [-0.4, -0.2) is 22.8 Å². The van der Waals surface area contributed by atoms with Crippen LogP contribution in [0.4, 0.5) is 0 Å². The molecule has 0 unspecified atom stereocenters. The van der Waals surface area contributed by atoms with Crippen LogP contribution in [0.3, 0.4) is 0 Å². The first-order valence-electron chi connectivity index (χ1n) is 6.84.